The van der Waals surface area contributed by atoms with Gasteiger partial charge in [0, 0.05) is 32.4 Å². The Morgan fingerprint density at radius 2 is 2.03 bits per heavy atom. The number of fused-ring (bicyclic) bond motifs is 1. The Hall–Kier alpha value is -3.27. The average molecular weight is 476 g/mol. The Labute approximate surface area is 196 Å². The molecule has 2 aromatic rings. The Morgan fingerprint density at radius 3 is 2.74 bits per heavy atom. The molecular weight excluding hydrogens is 447 g/mol. The van der Waals surface area contributed by atoms with Crippen molar-refractivity contribution in [3.63, 3.8) is 0 Å². The number of amidine groups is 1. The maximum absolute atomic E-state index is 12.7. The van der Waals surface area contributed by atoms with Gasteiger partial charge in [-0.1, -0.05) is 18.2 Å². The molecule has 10 heteroatoms. The van der Waals surface area contributed by atoms with Crippen LogP contribution in [-0.4, -0.2) is 69.5 Å². The van der Waals surface area contributed by atoms with E-state index in [0.717, 1.165) is 17.2 Å². The fraction of sp³-hybridized carbons (Fsp3) is 0.417. The van der Waals surface area contributed by atoms with Crippen LogP contribution in [0.25, 0.3) is 0 Å². The van der Waals surface area contributed by atoms with Crippen LogP contribution in [0, 0.1) is 0 Å². The fourth-order valence-electron chi connectivity index (χ4n) is 4.13. The van der Waals surface area contributed by atoms with E-state index < -0.39 is 12.5 Å². The summed E-state index contributed by atoms with van der Waals surface area (Å²) in [7, 11) is 1.96. The van der Waals surface area contributed by atoms with E-state index >= 15 is 0 Å². The zero-order valence-corrected chi connectivity index (χ0v) is 19.1. The summed E-state index contributed by atoms with van der Waals surface area (Å²) in [6.07, 6.45) is -0.627. The van der Waals surface area contributed by atoms with Gasteiger partial charge in [0.25, 0.3) is 0 Å². The number of hydrogen-bond donors (Lipinski definition) is 1. The standard InChI is InChI=1S/C24H28F3N5O2/c1-17(33)9-11-31-15-21-23(30(2)16-31)29-22(32(21)14-19-7-3-4-10-28-19)13-18-6-5-8-20(12-18)34-24(25,26)27/h3-8,10,12,15,17,22,33H,9,11,13-14,16H2,1-2H3. The largest absolute Gasteiger partial charge is 0.573 e. The minimum atomic E-state index is -4.74. The summed E-state index contributed by atoms with van der Waals surface area (Å²) in [6.45, 7) is 3.59. The van der Waals surface area contributed by atoms with Crippen molar-refractivity contribution in [2.24, 2.45) is 4.99 Å². The molecule has 7 nitrogen and oxygen atoms in total. The molecule has 0 amide bonds. The van der Waals surface area contributed by atoms with E-state index in [9.17, 15) is 18.3 Å². The summed E-state index contributed by atoms with van der Waals surface area (Å²) in [5.41, 5.74) is 2.48. The molecule has 34 heavy (non-hydrogen) atoms. The topological polar surface area (TPSA) is 64.4 Å². The molecule has 0 bridgehead atoms. The van der Waals surface area contributed by atoms with Crippen LogP contribution in [0.5, 0.6) is 5.75 Å². The van der Waals surface area contributed by atoms with Crippen LogP contribution >= 0.6 is 0 Å². The Bertz CT molecular complexity index is 1040. The number of alkyl halides is 3. The molecule has 0 saturated carbocycles. The monoisotopic (exact) mass is 475 g/mol. The third-order valence-electron chi connectivity index (χ3n) is 5.67. The fourth-order valence-corrected chi connectivity index (χ4v) is 4.13. The Balaban J connectivity index is 1.61. The number of hydrogen-bond acceptors (Lipinski definition) is 7. The van der Waals surface area contributed by atoms with Gasteiger partial charge in [-0.25, -0.2) is 4.99 Å². The summed E-state index contributed by atoms with van der Waals surface area (Å²) in [5.74, 6) is 0.585. The van der Waals surface area contributed by atoms with Crippen molar-refractivity contribution >= 4 is 5.84 Å². The molecule has 1 N–H and O–H groups in total. The number of pyridine rings is 1. The van der Waals surface area contributed by atoms with Crippen LogP contribution in [0.2, 0.25) is 0 Å². The minimum Gasteiger partial charge on any atom is -0.406 e. The zero-order chi connectivity index (χ0) is 24.3. The van der Waals surface area contributed by atoms with Gasteiger partial charge in [-0.15, -0.1) is 13.2 Å². The number of halogens is 3. The second-order valence-electron chi connectivity index (χ2n) is 8.59. The molecule has 4 rings (SSSR count). The first-order chi connectivity index (χ1) is 16.2. The third kappa shape index (κ3) is 5.99. The van der Waals surface area contributed by atoms with Gasteiger partial charge in [0.05, 0.1) is 30.7 Å². The van der Waals surface area contributed by atoms with Crippen molar-refractivity contribution in [2.75, 3.05) is 20.3 Å². The first-order valence-corrected chi connectivity index (χ1v) is 11.1. The Morgan fingerprint density at radius 1 is 1.21 bits per heavy atom. The summed E-state index contributed by atoms with van der Waals surface area (Å²) < 4.78 is 42.1. The highest BCUT2D eigenvalue weighted by Gasteiger charge is 2.36. The number of aromatic nitrogens is 1. The lowest BCUT2D eigenvalue weighted by molar-refractivity contribution is -0.274. The third-order valence-corrected chi connectivity index (χ3v) is 5.67. The summed E-state index contributed by atoms with van der Waals surface area (Å²) in [6, 6.07) is 11.7. The number of benzene rings is 1. The lowest BCUT2D eigenvalue weighted by Crippen LogP contribution is -2.44. The van der Waals surface area contributed by atoms with Crippen molar-refractivity contribution in [3.05, 3.63) is 71.8 Å². The van der Waals surface area contributed by atoms with E-state index in [1.165, 1.54) is 12.1 Å². The molecule has 2 unspecified atom stereocenters. The second-order valence-corrected chi connectivity index (χ2v) is 8.59. The summed E-state index contributed by atoms with van der Waals surface area (Å²) in [4.78, 5) is 15.7. The quantitative estimate of drug-likeness (QED) is 0.630. The van der Waals surface area contributed by atoms with Gasteiger partial charge in [0.2, 0.25) is 0 Å². The molecule has 3 heterocycles. The van der Waals surface area contributed by atoms with Crippen LogP contribution < -0.4 is 4.74 Å². The number of aliphatic imine (C=N–C) groups is 1. The number of likely N-dealkylation sites (N-methyl/N-ethyl adjacent to an activating group) is 1. The average Bonchev–Trinajstić information content (AvgIpc) is 3.09. The maximum atomic E-state index is 12.7. The van der Waals surface area contributed by atoms with Gasteiger partial charge < -0.3 is 24.5 Å². The van der Waals surface area contributed by atoms with Gasteiger partial charge in [0.1, 0.15) is 11.9 Å². The lowest BCUT2D eigenvalue weighted by Gasteiger charge is -2.36. The van der Waals surface area contributed by atoms with Crippen LogP contribution in [0.3, 0.4) is 0 Å². The van der Waals surface area contributed by atoms with Crippen LogP contribution in [-0.2, 0) is 13.0 Å². The van der Waals surface area contributed by atoms with Crippen molar-refractivity contribution in [3.8, 4) is 5.75 Å². The molecule has 0 fully saturated rings. The van der Waals surface area contributed by atoms with E-state index in [-0.39, 0.29) is 11.9 Å². The predicted molar refractivity (Wildman–Crippen MR) is 122 cm³/mol. The highest BCUT2D eigenvalue weighted by molar-refractivity contribution is 5.99. The normalized spacial score (nSPS) is 19.0. The van der Waals surface area contributed by atoms with Crippen molar-refractivity contribution in [1.82, 2.24) is 19.7 Å². The van der Waals surface area contributed by atoms with E-state index in [4.69, 9.17) is 4.99 Å². The Kier molecular flexibility index (Phi) is 6.97. The smallest absolute Gasteiger partial charge is 0.406 e. The van der Waals surface area contributed by atoms with E-state index in [2.05, 4.69) is 19.5 Å². The highest BCUT2D eigenvalue weighted by atomic mass is 19.4. The van der Waals surface area contributed by atoms with Gasteiger partial charge >= 0.3 is 6.36 Å². The number of ether oxygens (including phenoxy) is 1. The van der Waals surface area contributed by atoms with E-state index in [1.54, 1.807) is 25.3 Å². The summed E-state index contributed by atoms with van der Waals surface area (Å²) >= 11 is 0. The minimum absolute atomic E-state index is 0.245. The van der Waals surface area contributed by atoms with Crippen LogP contribution in [0.1, 0.15) is 24.6 Å². The molecule has 1 aromatic heterocycles. The molecular formula is C24H28F3N5O2. The molecule has 0 saturated heterocycles. The van der Waals surface area contributed by atoms with Gasteiger partial charge in [-0.2, -0.15) is 0 Å². The molecule has 2 atom stereocenters. The van der Waals surface area contributed by atoms with Crippen molar-refractivity contribution in [2.45, 2.75) is 44.9 Å². The molecule has 0 radical (unpaired) electrons. The van der Waals surface area contributed by atoms with E-state index in [1.807, 2.05) is 36.3 Å². The van der Waals surface area contributed by atoms with Gasteiger partial charge in [-0.05, 0) is 43.2 Å². The number of nitrogens with zero attached hydrogens (tertiary/aromatic N) is 5. The molecule has 2 aliphatic rings. The van der Waals surface area contributed by atoms with Crippen LogP contribution in [0.4, 0.5) is 13.2 Å². The zero-order valence-electron chi connectivity index (χ0n) is 19.1. The summed E-state index contributed by atoms with van der Waals surface area (Å²) in [5, 5.41) is 9.70. The molecule has 0 spiro atoms. The van der Waals surface area contributed by atoms with Crippen molar-refractivity contribution in [1.29, 1.82) is 0 Å². The van der Waals surface area contributed by atoms with Crippen molar-refractivity contribution < 1.29 is 23.0 Å². The van der Waals surface area contributed by atoms with Gasteiger partial charge in [0.15, 0.2) is 5.84 Å². The molecule has 0 aliphatic carbocycles. The molecule has 182 valence electrons. The SMILES string of the molecule is CC(O)CCN1C=C2C(=NC(Cc3cccc(OC(F)(F)F)c3)N2Cc2ccccn2)N(C)C1. The maximum Gasteiger partial charge on any atom is 0.573 e. The first kappa shape index (κ1) is 23.9. The highest BCUT2D eigenvalue weighted by Crippen LogP contribution is 2.31. The van der Waals surface area contributed by atoms with Gasteiger partial charge in [-0.3, -0.25) is 4.98 Å². The number of aliphatic hydroxyl groups is 1. The number of aliphatic hydroxyl groups excluding tert-OH is 1. The number of rotatable bonds is 8. The molecule has 2 aliphatic heterocycles. The molecule has 1 aromatic carbocycles. The predicted octanol–water partition coefficient (Wildman–Crippen LogP) is 3.58. The second kappa shape index (κ2) is 9.92. The van der Waals surface area contributed by atoms with E-state index in [0.29, 0.717) is 38.2 Å². The lowest BCUT2D eigenvalue weighted by atomic mass is 10.1. The van der Waals surface area contributed by atoms with Crippen LogP contribution in [0.15, 0.2) is 65.6 Å². The first-order valence-electron chi connectivity index (χ1n) is 11.1.